The lowest BCUT2D eigenvalue weighted by molar-refractivity contribution is -0.147. The fourth-order valence-corrected chi connectivity index (χ4v) is 7.08. The van der Waals surface area contributed by atoms with Crippen LogP contribution < -0.4 is 18.9 Å². The average molecular weight is 633 g/mol. The lowest BCUT2D eigenvalue weighted by Crippen LogP contribution is -2.23. The van der Waals surface area contributed by atoms with E-state index in [4.69, 9.17) is 18.9 Å². The number of methoxy groups -OCH3 is 2. The Morgan fingerprint density at radius 1 is 0.907 bits per heavy atom. The molecule has 0 aliphatic heterocycles. The van der Waals surface area contributed by atoms with E-state index < -0.39 is 23.0 Å². The van der Waals surface area contributed by atoms with Crippen LogP contribution in [0.2, 0.25) is 0 Å². The molecular weight excluding hydrogens is 598 g/mol. The molecule has 1 saturated carbocycles. The highest BCUT2D eigenvalue weighted by Crippen LogP contribution is 2.43. The monoisotopic (exact) mass is 632 g/mol. The summed E-state index contributed by atoms with van der Waals surface area (Å²) >= 11 is 2.65. The second kappa shape index (κ2) is 12.7. The number of carbonyl (C=O) groups excluding carboxylic acids is 1. The van der Waals surface area contributed by atoms with E-state index in [-0.39, 0.29) is 47.9 Å². The Bertz CT molecular complexity index is 1670. The summed E-state index contributed by atoms with van der Waals surface area (Å²) < 4.78 is 54.6. The third-order valence-electron chi connectivity index (χ3n) is 7.93. The molecule has 0 radical (unpaired) electrons. The van der Waals surface area contributed by atoms with Gasteiger partial charge in [-0.15, -0.1) is 22.7 Å². The largest absolute Gasteiger partial charge is 0.493 e. The summed E-state index contributed by atoms with van der Waals surface area (Å²) in [5, 5.41) is 10.1. The zero-order chi connectivity index (χ0) is 30.9. The summed E-state index contributed by atoms with van der Waals surface area (Å²) in [6.45, 7) is 3.49. The van der Waals surface area contributed by atoms with Gasteiger partial charge < -0.3 is 24.1 Å². The number of halogens is 2. The predicted molar refractivity (Wildman–Crippen MR) is 164 cm³/mol. The lowest BCUT2D eigenvalue weighted by Gasteiger charge is -2.22. The van der Waals surface area contributed by atoms with Gasteiger partial charge in [-0.25, -0.2) is 8.78 Å². The number of thiophene rings is 2. The molecule has 0 amide bonds. The van der Waals surface area contributed by atoms with Crippen molar-refractivity contribution in [2.24, 2.45) is 11.3 Å². The van der Waals surface area contributed by atoms with Gasteiger partial charge in [0.2, 0.25) is 0 Å². The molecule has 1 N–H and O–H groups in total. The smallest absolute Gasteiger partial charge is 0.309 e. The van der Waals surface area contributed by atoms with E-state index in [0.29, 0.717) is 44.3 Å². The van der Waals surface area contributed by atoms with Crippen molar-refractivity contribution in [2.45, 2.75) is 52.4 Å². The maximum absolute atomic E-state index is 15.5. The molecule has 0 bridgehead atoms. The van der Waals surface area contributed by atoms with Crippen LogP contribution in [0.5, 0.6) is 23.0 Å². The Balaban J connectivity index is 1.24. The van der Waals surface area contributed by atoms with Gasteiger partial charge in [0.25, 0.3) is 0 Å². The fourth-order valence-electron chi connectivity index (χ4n) is 4.89. The van der Waals surface area contributed by atoms with Crippen molar-refractivity contribution in [1.29, 1.82) is 0 Å². The molecule has 230 valence electrons. The normalized spacial score (nSPS) is 13.7. The number of hydrogen-bond donors (Lipinski definition) is 1. The number of ether oxygens (including phenoxy) is 4. The second-order valence-corrected chi connectivity index (χ2v) is 13.6. The molecule has 11 heteroatoms. The van der Waals surface area contributed by atoms with E-state index in [2.05, 4.69) is 0 Å². The predicted octanol–water partition coefficient (Wildman–Crippen LogP) is 8.29. The minimum atomic E-state index is -0.886. The van der Waals surface area contributed by atoms with Crippen LogP contribution in [0.25, 0.3) is 20.2 Å². The number of rotatable bonds is 14. The number of carboxylic acid groups (broad SMARTS) is 1. The van der Waals surface area contributed by atoms with Crippen LogP contribution in [0.1, 0.15) is 60.5 Å². The number of Topliss-reactive ketones (excluding diaryl/α,β-unsaturated/α-hetero) is 1. The van der Waals surface area contributed by atoms with Crippen LogP contribution in [0.3, 0.4) is 0 Å². The average Bonchev–Trinajstić information content (AvgIpc) is 3.57. The maximum atomic E-state index is 15.5. The first-order valence-corrected chi connectivity index (χ1v) is 15.8. The zero-order valence-corrected chi connectivity index (χ0v) is 26.1. The fraction of sp³-hybridized carbons (Fsp3) is 0.438. The summed E-state index contributed by atoms with van der Waals surface area (Å²) in [4.78, 5) is 25.6. The highest BCUT2D eigenvalue weighted by Gasteiger charge is 2.29. The second-order valence-electron chi connectivity index (χ2n) is 11.3. The summed E-state index contributed by atoms with van der Waals surface area (Å²) in [7, 11) is 2.86. The van der Waals surface area contributed by atoms with Gasteiger partial charge >= 0.3 is 5.97 Å². The van der Waals surface area contributed by atoms with Crippen LogP contribution in [-0.2, 0) is 11.2 Å². The number of carbonyl (C=O) groups is 2. The topological polar surface area (TPSA) is 91.3 Å². The van der Waals surface area contributed by atoms with Crippen molar-refractivity contribution in [1.82, 2.24) is 0 Å². The molecule has 0 spiro atoms. The van der Waals surface area contributed by atoms with Crippen LogP contribution >= 0.6 is 22.7 Å². The molecule has 0 atom stereocenters. The summed E-state index contributed by atoms with van der Waals surface area (Å²) in [5.74, 6) is -1.53. The Morgan fingerprint density at radius 3 is 1.98 bits per heavy atom. The Morgan fingerprint density at radius 2 is 1.47 bits per heavy atom. The van der Waals surface area contributed by atoms with Gasteiger partial charge in [0.05, 0.1) is 37.7 Å². The molecule has 1 fully saturated rings. The van der Waals surface area contributed by atoms with Crippen molar-refractivity contribution in [3.8, 4) is 23.0 Å². The lowest BCUT2D eigenvalue weighted by atomic mass is 9.82. The molecule has 2 heterocycles. The molecular formula is C32H34F2O7S2. The zero-order valence-electron chi connectivity index (χ0n) is 24.5. The molecule has 4 aromatic rings. The Labute approximate surface area is 256 Å². The summed E-state index contributed by atoms with van der Waals surface area (Å²) in [6.07, 6.45) is 4.03. The number of benzene rings is 2. The van der Waals surface area contributed by atoms with E-state index in [1.807, 2.05) is 0 Å². The van der Waals surface area contributed by atoms with Gasteiger partial charge in [0.1, 0.15) is 0 Å². The number of aryl methyl sites for hydroxylation is 1. The van der Waals surface area contributed by atoms with Crippen molar-refractivity contribution in [3.63, 3.8) is 0 Å². The number of fused-ring (bicyclic) bond motifs is 2. The van der Waals surface area contributed by atoms with Gasteiger partial charge in [0.15, 0.2) is 40.4 Å². The van der Waals surface area contributed by atoms with E-state index >= 15 is 8.78 Å². The minimum absolute atomic E-state index is 0.0240. The molecule has 0 saturated heterocycles. The van der Waals surface area contributed by atoms with Crippen LogP contribution in [0.15, 0.2) is 24.3 Å². The highest BCUT2D eigenvalue weighted by molar-refractivity contribution is 7.21. The molecule has 5 rings (SSSR count). The van der Waals surface area contributed by atoms with Gasteiger partial charge in [0, 0.05) is 49.5 Å². The first kappa shape index (κ1) is 31.0. The number of carboxylic acids is 1. The maximum Gasteiger partial charge on any atom is 0.309 e. The van der Waals surface area contributed by atoms with Crippen LogP contribution in [-0.4, -0.2) is 44.3 Å². The van der Waals surface area contributed by atoms with Gasteiger partial charge in [-0.1, -0.05) is 6.42 Å². The third-order valence-corrected chi connectivity index (χ3v) is 10.2. The molecule has 2 aromatic carbocycles. The third kappa shape index (κ3) is 6.28. The Kier molecular flexibility index (Phi) is 9.12. The highest BCUT2D eigenvalue weighted by atomic mass is 32.1. The quantitative estimate of drug-likeness (QED) is 0.110. The molecule has 1 aliphatic carbocycles. The van der Waals surface area contributed by atoms with Gasteiger partial charge in [-0.3, -0.25) is 9.59 Å². The summed E-state index contributed by atoms with van der Waals surface area (Å²) in [5.41, 5.74) is -0.886. The number of ketones is 1. The van der Waals surface area contributed by atoms with Crippen molar-refractivity contribution in [2.75, 3.05) is 27.4 Å². The SMILES string of the molecule is COc1cc2sc(CCC(C)(C)C(=O)O)cc2c(F)c1OCCCOc1c(OC)cc2sc(C(=O)C3CCC3)cc2c1F. The minimum Gasteiger partial charge on any atom is -0.493 e. The van der Waals surface area contributed by atoms with E-state index in [0.717, 1.165) is 24.1 Å². The molecule has 2 aromatic heterocycles. The number of aliphatic carboxylic acids is 1. The molecule has 43 heavy (non-hydrogen) atoms. The molecule has 0 unspecified atom stereocenters. The van der Waals surface area contributed by atoms with Gasteiger partial charge in [-0.05, 0) is 51.7 Å². The van der Waals surface area contributed by atoms with Gasteiger partial charge in [-0.2, -0.15) is 0 Å². The summed E-state index contributed by atoms with van der Waals surface area (Å²) in [6, 6.07) is 6.71. The Hall–Kier alpha value is -3.44. The first-order valence-electron chi connectivity index (χ1n) is 14.2. The van der Waals surface area contributed by atoms with Crippen LogP contribution in [0.4, 0.5) is 8.78 Å². The van der Waals surface area contributed by atoms with E-state index in [1.165, 1.54) is 36.9 Å². The molecule has 7 nitrogen and oxygen atoms in total. The van der Waals surface area contributed by atoms with Crippen molar-refractivity contribution < 1.29 is 42.4 Å². The molecule has 1 aliphatic rings. The van der Waals surface area contributed by atoms with E-state index in [9.17, 15) is 14.7 Å². The van der Waals surface area contributed by atoms with Crippen molar-refractivity contribution >= 4 is 54.6 Å². The standard InChI is InChI=1S/C32H34F2O7S2/c1-32(2,31(36)37)10-9-18-13-19-23(42-18)15-21(38-3)29(26(19)33)40-11-6-12-41-30-22(39-4)16-24-20(27(30)34)14-25(43-24)28(35)17-7-5-8-17/h13-17H,5-12H2,1-4H3,(H,36,37). The van der Waals surface area contributed by atoms with Crippen molar-refractivity contribution in [3.05, 3.63) is 45.7 Å². The first-order chi connectivity index (χ1) is 20.5. The van der Waals surface area contributed by atoms with Crippen LogP contribution in [0, 0.1) is 23.0 Å². The number of hydrogen-bond acceptors (Lipinski definition) is 8. The van der Waals surface area contributed by atoms with E-state index in [1.54, 1.807) is 38.1 Å².